The summed E-state index contributed by atoms with van der Waals surface area (Å²) in [7, 11) is -3.51. The van der Waals surface area contributed by atoms with Crippen LogP contribution in [0.4, 0.5) is 0 Å². The Kier molecular flexibility index (Phi) is 6.58. The van der Waals surface area contributed by atoms with Gasteiger partial charge in [0.1, 0.15) is 0 Å². The fourth-order valence-corrected chi connectivity index (χ4v) is 3.06. The van der Waals surface area contributed by atoms with Gasteiger partial charge in [0.25, 0.3) is 10.0 Å². The molecule has 1 aromatic rings. The molecule has 0 spiro atoms. The second-order valence-corrected chi connectivity index (χ2v) is 6.84. The lowest BCUT2D eigenvalue weighted by Gasteiger charge is -2.14. The zero-order valence-electron chi connectivity index (χ0n) is 12.7. The quantitative estimate of drug-likeness (QED) is 0.770. The maximum Gasteiger partial charge on any atom is 0.258 e. The number of rotatable bonds is 8. The Balaban J connectivity index is 2.76. The minimum absolute atomic E-state index is 0.0379. The predicted octanol–water partition coefficient (Wildman–Crippen LogP) is 2.05. The van der Waals surface area contributed by atoms with Gasteiger partial charge in [-0.2, -0.15) is 0 Å². The fourth-order valence-electron chi connectivity index (χ4n) is 1.73. The average molecular weight is 299 g/mol. The van der Waals surface area contributed by atoms with Crippen molar-refractivity contribution in [3.05, 3.63) is 23.9 Å². The number of hydrogen-bond donors (Lipinski definition) is 2. The van der Waals surface area contributed by atoms with Gasteiger partial charge in [-0.25, -0.2) is 18.1 Å². The van der Waals surface area contributed by atoms with Gasteiger partial charge in [-0.3, -0.25) is 0 Å². The van der Waals surface area contributed by atoms with Crippen molar-refractivity contribution in [3.8, 4) is 0 Å². The van der Waals surface area contributed by atoms with Crippen molar-refractivity contribution in [2.24, 2.45) is 0 Å². The van der Waals surface area contributed by atoms with Crippen molar-refractivity contribution in [1.29, 1.82) is 0 Å². The summed E-state index contributed by atoms with van der Waals surface area (Å²) in [6.45, 7) is 8.73. The molecule has 2 N–H and O–H groups in total. The topological polar surface area (TPSA) is 71.1 Å². The molecule has 0 unspecified atom stereocenters. The van der Waals surface area contributed by atoms with Gasteiger partial charge in [0.15, 0.2) is 5.03 Å². The summed E-state index contributed by atoms with van der Waals surface area (Å²) in [4.78, 5) is 4.06. The normalized spacial score (nSPS) is 12.3. The Hall–Kier alpha value is -0.980. The van der Waals surface area contributed by atoms with Gasteiger partial charge in [-0.15, -0.1) is 0 Å². The first-order valence-electron chi connectivity index (χ1n) is 7.09. The molecule has 0 bridgehead atoms. The van der Waals surface area contributed by atoms with Crippen LogP contribution in [0.3, 0.4) is 0 Å². The molecule has 0 fully saturated rings. The van der Waals surface area contributed by atoms with E-state index >= 15 is 0 Å². The number of sulfonamides is 1. The van der Waals surface area contributed by atoms with Crippen molar-refractivity contribution in [1.82, 2.24) is 15.0 Å². The molecule has 1 rings (SSSR count). The summed E-state index contributed by atoms with van der Waals surface area (Å²) in [5.74, 6) is 0. The Morgan fingerprint density at radius 1 is 1.20 bits per heavy atom. The maximum atomic E-state index is 12.1. The molecule has 6 heteroatoms. The fraction of sp³-hybridized carbons (Fsp3) is 0.643. The molecule has 1 heterocycles. The first-order valence-corrected chi connectivity index (χ1v) is 8.58. The number of nitrogens with one attached hydrogen (secondary N) is 2. The van der Waals surface area contributed by atoms with E-state index in [4.69, 9.17) is 0 Å². The van der Waals surface area contributed by atoms with Gasteiger partial charge in [0.2, 0.25) is 0 Å². The number of hydrogen-bond acceptors (Lipinski definition) is 4. The van der Waals surface area contributed by atoms with Crippen molar-refractivity contribution in [2.75, 3.05) is 0 Å². The minimum Gasteiger partial charge on any atom is -0.310 e. The maximum absolute atomic E-state index is 12.1. The molecule has 5 nitrogen and oxygen atoms in total. The summed E-state index contributed by atoms with van der Waals surface area (Å²) in [5, 5.41) is 3.35. The van der Waals surface area contributed by atoms with E-state index < -0.39 is 10.0 Å². The largest absolute Gasteiger partial charge is 0.310 e. The molecular weight excluding hydrogens is 274 g/mol. The van der Waals surface area contributed by atoms with Crippen LogP contribution in [0.25, 0.3) is 0 Å². The van der Waals surface area contributed by atoms with Gasteiger partial charge in [-0.1, -0.05) is 33.8 Å². The monoisotopic (exact) mass is 299 g/mol. The molecule has 0 aromatic carbocycles. The molecule has 0 aliphatic carbocycles. The van der Waals surface area contributed by atoms with Crippen molar-refractivity contribution >= 4 is 10.0 Å². The molecule has 0 radical (unpaired) electrons. The first kappa shape index (κ1) is 17.1. The van der Waals surface area contributed by atoms with E-state index in [9.17, 15) is 8.42 Å². The van der Waals surface area contributed by atoms with Crippen LogP contribution in [0.1, 0.15) is 46.1 Å². The molecule has 20 heavy (non-hydrogen) atoms. The first-order chi connectivity index (χ1) is 9.39. The standard InChI is InChI=1S/C14H25N3O2S/c1-5-13(6-2)17-20(18,19)14-8-7-12(10-16-14)9-15-11(3)4/h7-8,10-11,13,15,17H,5-6,9H2,1-4H3. The van der Waals surface area contributed by atoms with Crippen LogP contribution in [0.15, 0.2) is 23.4 Å². The van der Waals surface area contributed by atoms with Gasteiger partial charge >= 0.3 is 0 Å². The SMILES string of the molecule is CCC(CC)NS(=O)(=O)c1ccc(CNC(C)C)cn1. The summed E-state index contributed by atoms with van der Waals surface area (Å²) >= 11 is 0. The second kappa shape index (κ2) is 7.71. The third kappa shape index (κ3) is 5.19. The predicted molar refractivity (Wildman–Crippen MR) is 80.9 cm³/mol. The van der Waals surface area contributed by atoms with Crippen LogP contribution in [0.5, 0.6) is 0 Å². The van der Waals surface area contributed by atoms with Crippen molar-refractivity contribution in [3.63, 3.8) is 0 Å². The van der Waals surface area contributed by atoms with E-state index in [1.807, 2.05) is 13.8 Å². The number of pyridine rings is 1. The van der Waals surface area contributed by atoms with Crippen LogP contribution < -0.4 is 10.0 Å². The number of nitrogens with zero attached hydrogens (tertiary/aromatic N) is 1. The minimum atomic E-state index is -3.51. The highest BCUT2D eigenvalue weighted by atomic mass is 32.2. The molecular formula is C14H25N3O2S. The van der Waals surface area contributed by atoms with Gasteiger partial charge in [0, 0.05) is 24.8 Å². The highest BCUT2D eigenvalue weighted by Crippen LogP contribution is 2.09. The highest BCUT2D eigenvalue weighted by molar-refractivity contribution is 7.89. The van der Waals surface area contributed by atoms with Crippen molar-refractivity contribution < 1.29 is 8.42 Å². The van der Waals surface area contributed by atoms with Crippen LogP contribution in [0.2, 0.25) is 0 Å². The van der Waals surface area contributed by atoms with E-state index in [1.165, 1.54) is 0 Å². The van der Waals surface area contributed by atoms with Crippen LogP contribution in [-0.4, -0.2) is 25.5 Å². The molecule has 0 aliphatic heterocycles. The van der Waals surface area contributed by atoms with Crippen LogP contribution in [-0.2, 0) is 16.6 Å². The smallest absolute Gasteiger partial charge is 0.258 e. The van der Waals surface area contributed by atoms with Gasteiger partial charge in [0.05, 0.1) is 0 Å². The van der Waals surface area contributed by atoms with E-state index in [1.54, 1.807) is 18.3 Å². The zero-order chi connectivity index (χ0) is 15.2. The van der Waals surface area contributed by atoms with E-state index in [0.29, 0.717) is 12.6 Å². The van der Waals surface area contributed by atoms with Gasteiger partial charge < -0.3 is 5.32 Å². The molecule has 0 saturated heterocycles. The van der Waals surface area contributed by atoms with E-state index in [0.717, 1.165) is 18.4 Å². The Bertz CT molecular complexity index is 494. The molecule has 114 valence electrons. The zero-order valence-corrected chi connectivity index (χ0v) is 13.5. The third-order valence-electron chi connectivity index (χ3n) is 3.09. The Labute approximate surface area is 122 Å². The number of aromatic nitrogens is 1. The second-order valence-electron chi connectivity index (χ2n) is 5.17. The lowest BCUT2D eigenvalue weighted by atomic mass is 10.2. The van der Waals surface area contributed by atoms with Crippen LogP contribution >= 0.6 is 0 Å². The van der Waals surface area contributed by atoms with E-state index in [-0.39, 0.29) is 11.1 Å². The molecule has 0 atom stereocenters. The summed E-state index contributed by atoms with van der Waals surface area (Å²) in [6, 6.07) is 3.70. The molecule has 1 aromatic heterocycles. The Morgan fingerprint density at radius 3 is 2.30 bits per heavy atom. The van der Waals surface area contributed by atoms with E-state index in [2.05, 4.69) is 28.9 Å². The average Bonchev–Trinajstić information content (AvgIpc) is 2.43. The molecule has 0 saturated carbocycles. The lowest BCUT2D eigenvalue weighted by molar-refractivity contribution is 0.527. The van der Waals surface area contributed by atoms with Gasteiger partial charge in [-0.05, 0) is 24.5 Å². The van der Waals surface area contributed by atoms with Crippen LogP contribution in [0, 0.1) is 0 Å². The molecule has 0 aliphatic rings. The molecule has 0 amide bonds. The summed E-state index contributed by atoms with van der Waals surface area (Å²) in [5.41, 5.74) is 0.972. The lowest BCUT2D eigenvalue weighted by Crippen LogP contribution is -2.34. The summed E-state index contributed by atoms with van der Waals surface area (Å²) in [6.07, 6.45) is 3.15. The van der Waals surface area contributed by atoms with Crippen molar-refractivity contribution in [2.45, 2.75) is 64.2 Å². The summed E-state index contributed by atoms with van der Waals surface area (Å²) < 4.78 is 27.0. The Morgan fingerprint density at radius 2 is 1.85 bits per heavy atom. The highest BCUT2D eigenvalue weighted by Gasteiger charge is 2.19. The third-order valence-corrected chi connectivity index (χ3v) is 4.53.